The SMILES string of the molecule is COCCCn1c(=S)[nH]c2cc(C(=O)Nc3nc(C4CC4)cs3)ccc2c1=O. The molecular weight excluding hydrogens is 396 g/mol. The summed E-state index contributed by atoms with van der Waals surface area (Å²) >= 11 is 6.75. The van der Waals surface area contributed by atoms with Gasteiger partial charge < -0.3 is 9.72 Å². The van der Waals surface area contributed by atoms with Crippen LogP contribution in [0.15, 0.2) is 28.4 Å². The fourth-order valence-electron chi connectivity index (χ4n) is 3.05. The minimum Gasteiger partial charge on any atom is -0.385 e. The molecule has 1 saturated carbocycles. The van der Waals surface area contributed by atoms with Gasteiger partial charge in [0.25, 0.3) is 11.5 Å². The highest BCUT2D eigenvalue weighted by Crippen LogP contribution is 2.40. The topological polar surface area (TPSA) is 89.0 Å². The van der Waals surface area contributed by atoms with E-state index in [1.807, 2.05) is 5.38 Å². The van der Waals surface area contributed by atoms with Gasteiger partial charge in [-0.05, 0) is 49.7 Å². The lowest BCUT2D eigenvalue weighted by Gasteiger charge is -2.09. The number of H-pyrrole nitrogens is 1. The number of thiazole rings is 1. The Kier molecular flexibility index (Phi) is 5.38. The smallest absolute Gasteiger partial charge is 0.262 e. The lowest BCUT2D eigenvalue weighted by atomic mass is 10.1. The van der Waals surface area contributed by atoms with Gasteiger partial charge in [0, 0.05) is 37.1 Å². The van der Waals surface area contributed by atoms with Gasteiger partial charge in [-0.25, -0.2) is 4.98 Å². The minimum atomic E-state index is -0.262. The third-order valence-electron chi connectivity index (χ3n) is 4.71. The molecule has 0 unspecified atom stereocenters. The first-order valence-corrected chi connectivity index (χ1v) is 10.4. The molecule has 1 aliphatic carbocycles. The van der Waals surface area contributed by atoms with Crippen LogP contribution in [0.4, 0.5) is 5.13 Å². The number of carbonyl (C=O) groups is 1. The zero-order valence-electron chi connectivity index (χ0n) is 15.4. The van der Waals surface area contributed by atoms with E-state index in [0.717, 1.165) is 5.69 Å². The van der Waals surface area contributed by atoms with E-state index in [9.17, 15) is 9.59 Å². The van der Waals surface area contributed by atoms with Gasteiger partial charge in [0.05, 0.1) is 16.6 Å². The van der Waals surface area contributed by atoms with E-state index in [0.29, 0.717) is 51.9 Å². The number of anilines is 1. The first-order valence-electron chi connectivity index (χ1n) is 9.09. The van der Waals surface area contributed by atoms with Gasteiger partial charge in [0.2, 0.25) is 0 Å². The Hall–Kier alpha value is -2.36. The molecule has 0 bridgehead atoms. The van der Waals surface area contributed by atoms with Crippen LogP contribution in [0.5, 0.6) is 0 Å². The number of ether oxygens (including phenoxy) is 1. The van der Waals surface area contributed by atoms with Crippen LogP contribution >= 0.6 is 23.6 Å². The third-order valence-corrected chi connectivity index (χ3v) is 5.81. The van der Waals surface area contributed by atoms with Crippen molar-refractivity contribution in [1.82, 2.24) is 14.5 Å². The fraction of sp³-hybridized carbons (Fsp3) is 0.368. The number of nitrogens with zero attached hydrogens (tertiary/aromatic N) is 2. The molecular formula is C19H20N4O3S2. The van der Waals surface area contributed by atoms with Crippen molar-refractivity contribution in [2.24, 2.45) is 0 Å². The minimum absolute atomic E-state index is 0.171. The molecule has 2 heterocycles. The Balaban J connectivity index is 1.58. The number of aromatic amines is 1. The van der Waals surface area contributed by atoms with Crippen molar-refractivity contribution >= 4 is 45.5 Å². The first kappa shape index (κ1) is 19.0. The van der Waals surface area contributed by atoms with Gasteiger partial charge in [0.15, 0.2) is 9.90 Å². The van der Waals surface area contributed by atoms with E-state index < -0.39 is 0 Å². The molecule has 9 heteroatoms. The number of nitrogens with one attached hydrogen (secondary N) is 2. The number of amides is 1. The summed E-state index contributed by atoms with van der Waals surface area (Å²) in [7, 11) is 1.62. The summed E-state index contributed by atoms with van der Waals surface area (Å²) in [4.78, 5) is 32.8. The summed E-state index contributed by atoms with van der Waals surface area (Å²) in [5.74, 6) is 0.288. The van der Waals surface area contributed by atoms with E-state index in [4.69, 9.17) is 17.0 Å². The summed E-state index contributed by atoms with van der Waals surface area (Å²) in [6, 6.07) is 4.95. The second kappa shape index (κ2) is 7.94. The predicted molar refractivity (Wildman–Crippen MR) is 112 cm³/mol. The van der Waals surface area contributed by atoms with Gasteiger partial charge in [-0.1, -0.05) is 0 Å². The molecule has 3 aromatic rings. The van der Waals surface area contributed by atoms with Gasteiger partial charge in [-0.2, -0.15) is 0 Å². The molecule has 4 rings (SSSR count). The van der Waals surface area contributed by atoms with Crippen molar-refractivity contribution < 1.29 is 9.53 Å². The van der Waals surface area contributed by atoms with Crippen molar-refractivity contribution in [3.8, 4) is 0 Å². The van der Waals surface area contributed by atoms with Gasteiger partial charge in [-0.15, -0.1) is 11.3 Å². The van der Waals surface area contributed by atoms with Crippen molar-refractivity contribution in [3.05, 3.63) is 50.0 Å². The Morgan fingerprint density at radius 2 is 2.29 bits per heavy atom. The second-order valence-electron chi connectivity index (χ2n) is 6.80. The van der Waals surface area contributed by atoms with Gasteiger partial charge in [-0.3, -0.25) is 19.5 Å². The lowest BCUT2D eigenvalue weighted by molar-refractivity contribution is 0.102. The van der Waals surface area contributed by atoms with Crippen LogP contribution in [0.1, 0.15) is 41.2 Å². The number of hydrogen-bond acceptors (Lipinski definition) is 6. The summed E-state index contributed by atoms with van der Waals surface area (Å²) in [6.45, 7) is 1.03. The molecule has 2 aromatic heterocycles. The number of methoxy groups -OCH3 is 1. The van der Waals surface area contributed by atoms with Gasteiger partial charge >= 0.3 is 0 Å². The number of carbonyl (C=O) groups excluding carboxylic acids is 1. The standard InChI is InChI=1S/C19H20N4O3S2/c1-26-8-2-7-23-17(25)13-6-5-12(9-14(13)21-19(23)27)16(24)22-18-20-15(10-28-18)11-3-4-11/h5-6,9-11H,2-4,7-8H2,1H3,(H,21,27)(H,20,22,24). The maximum absolute atomic E-state index is 12.7. The molecule has 1 aliphatic rings. The average Bonchev–Trinajstić information content (AvgIpc) is 3.43. The zero-order valence-corrected chi connectivity index (χ0v) is 17.0. The van der Waals surface area contributed by atoms with E-state index in [1.165, 1.54) is 28.7 Å². The van der Waals surface area contributed by atoms with Crippen LogP contribution in [-0.2, 0) is 11.3 Å². The van der Waals surface area contributed by atoms with Crippen LogP contribution in [0.25, 0.3) is 10.9 Å². The van der Waals surface area contributed by atoms with Crippen LogP contribution < -0.4 is 10.9 Å². The third kappa shape index (κ3) is 3.91. The van der Waals surface area contributed by atoms with Crippen LogP contribution in [0, 0.1) is 4.77 Å². The summed E-state index contributed by atoms with van der Waals surface area (Å²) in [5.41, 5.74) is 1.87. The van der Waals surface area contributed by atoms with Crippen molar-refractivity contribution in [2.45, 2.75) is 31.7 Å². The molecule has 146 valence electrons. The molecule has 2 N–H and O–H groups in total. The lowest BCUT2D eigenvalue weighted by Crippen LogP contribution is -2.23. The maximum atomic E-state index is 12.7. The monoisotopic (exact) mass is 416 g/mol. The summed E-state index contributed by atoms with van der Waals surface area (Å²) in [5, 5.41) is 5.91. The largest absolute Gasteiger partial charge is 0.385 e. The molecule has 0 radical (unpaired) electrons. The Morgan fingerprint density at radius 1 is 1.46 bits per heavy atom. The van der Waals surface area contributed by atoms with Crippen LogP contribution in [0.3, 0.4) is 0 Å². The number of hydrogen-bond donors (Lipinski definition) is 2. The Labute approximate surface area is 170 Å². The number of benzene rings is 1. The molecule has 0 atom stereocenters. The van der Waals surface area contributed by atoms with E-state index >= 15 is 0 Å². The fourth-order valence-corrected chi connectivity index (χ4v) is 4.12. The van der Waals surface area contributed by atoms with Gasteiger partial charge in [0.1, 0.15) is 0 Å². The van der Waals surface area contributed by atoms with E-state index in [1.54, 1.807) is 25.3 Å². The molecule has 0 spiro atoms. The quantitative estimate of drug-likeness (QED) is 0.453. The normalized spacial score (nSPS) is 13.8. The van der Waals surface area contributed by atoms with E-state index in [2.05, 4.69) is 15.3 Å². The molecule has 28 heavy (non-hydrogen) atoms. The summed E-state index contributed by atoms with van der Waals surface area (Å²) in [6.07, 6.45) is 3.03. The highest BCUT2D eigenvalue weighted by atomic mass is 32.1. The molecule has 0 saturated heterocycles. The molecule has 0 aliphatic heterocycles. The molecule has 1 fully saturated rings. The second-order valence-corrected chi connectivity index (χ2v) is 8.04. The predicted octanol–water partition coefficient (Wildman–Crippen LogP) is 3.68. The molecule has 7 nitrogen and oxygen atoms in total. The molecule has 1 amide bonds. The van der Waals surface area contributed by atoms with Crippen molar-refractivity contribution in [2.75, 3.05) is 19.0 Å². The number of rotatable bonds is 7. The van der Waals surface area contributed by atoms with Crippen LogP contribution in [-0.4, -0.2) is 34.2 Å². The number of fused-ring (bicyclic) bond motifs is 1. The summed E-state index contributed by atoms with van der Waals surface area (Å²) < 4.78 is 6.88. The zero-order chi connectivity index (χ0) is 19.7. The number of aromatic nitrogens is 3. The molecule has 1 aromatic carbocycles. The average molecular weight is 417 g/mol. The van der Waals surface area contributed by atoms with Crippen molar-refractivity contribution in [3.63, 3.8) is 0 Å². The Morgan fingerprint density at radius 3 is 3.04 bits per heavy atom. The maximum Gasteiger partial charge on any atom is 0.262 e. The highest BCUT2D eigenvalue weighted by molar-refractivity contribution is 7.71. The highest BCUT2D eigenvalue weighted by Gasteiger charge is 2.26. The Bertz CT molecular complexity index is 1140. The van der Waals surface area contributed by atoms with Crippen LogP contribution in [0.2, 0.25) is 0 Å². The van der Waals surface area contributed by atoms with E-state index in [-0.39, 0.29) is 11.5 Å². The first-order chi connectivity index (χ1) is 13.6. The van der Waals surface area contributed by atoms with Crippen molar-refractivity contribution in [1.29, 1.82) is 0 Å².